The fraction of sp³-hybridized carbons (Fsp3) is 0.333. The molecule has 0 saturated carbocycles. The summed E-state index contributed by atoms with van der Waals surface area (Å²) < 4.78 is 15.2. The first-order valence-electron chi connectivity index (χ1n) is 11.5. The van der Waals surface area contributed by atoms with E-state index in [1.54, 1.807) is 17.0 Å². The van der Waals surface area contributed by atoms with E-state index in [0.717, 1.165) is 42.9 Å². The highest BCUT2D eigenvalue weighted by Crippen LogP contribution is 2.24. The molecule has 0 aliphatic carbocycles. The van der Waals surface area contributed by atoms with Gasteiger partial charge in [0.15, 0.2) is 0 Å². The molecule has 0 spiro atoms. The highest BCUT2D eigenvalue weighted by molar-refractivity contribution is 5.94. The molecule has 0 fully saturated rings. The van der Waals surface area contributed by atoms with Gasteiger partial charge in [-0.05, 0) is 79.8 Å². The number of carbonyl (C=O) groups excluding carboxylic acids is 1. The third-order valence-electron chi connectivity index (χ3n) is 6.25. The SMILES string of the molecule is CCCN(C(=O)CN1CC=C(c2cnn(-c3ccc(C)c(C)c3)c2)CC1)c1ccc(F)cc1. The second-order valence-corrected chi connectivity index (χ2v) is 8.68. The lowest BCUT2D eigenvalue weighted by atomic mass is 10.0. The third-order valence-corrected chi connectivity index (χ3v) is 6.25. The minimum absolute atomic E-state index is 0.0443. The molecule has 5 nitrogen and oxygen atoms in total. The molecule has 1 aliphatic rings. The van der Waals surface area contributed by atoms with Crippen molar-refractivity contribution in [3.63, 3.8) is 0 Å². The van der Waals surface area contributed by atoms with Crippen LogP contribution in [0.15, 0.2) is 60.9 Å². The number of aromatic nitrogens is 2. The van der Waals surface area contributed by atoms with Crippen LogP contribution < -0.4 is 4.90 Å². The fourth-order valence-electron chi connectivity index (χ4n) is 4.13. The van der Waals surface area contributed by atoms with Gasteiger partial charge in [-0.3, -0.25) is 9.69 Å². The van der Waals surface area contributed by atoms with Gasteiger partial charge in [0.05, 0.1) is 18.4 Å². The van der Waals surface area contributed by atoms with Crippen molar-refractivity contribution in [1.82, 2.24) is 14.7 Å². The first-order chi connectivity index (χ1) is 15.9. The number of carbonyl (C=O) groups is 1. The number of aryl methyl sites for hydroxylation is 2. The van der Waals surface area contributed by atoms with Crippen LogP contribution in [0.1, 0.15) is 36.5 Å². The van der Waals surface area contributed by atoms with Crippen LogP contribution in [0.3, 0.4) is 0 Å². The van der Waals surface area contributed by atoms with Gasteiger partial charge in [-0.15, -0.1) is 0 Å². The zero-order chi connectivity index (χ0) is 23.4. The smallest absolute Gasteiger partial charge is 0.241 e. The molecule has 1 aromatic heterocycles. The quantitative estimate of drug-likeness (QED) is 0.503. The highest BCUT2D eigenvalue weighted by Gasteiger charge is 2.21. The maximum Gasteiger partial charge on any atom is 0.241 e. The van der Waals surface area contributed by atoms with E-state index >= 15 is 0 Å². The molecule has 6 heteroatoms. The Bertz CT molecular complexity index is 1150. The topological polar surface area (TPSA) is 41.4 Å². The number of benzene rings is 2. The van der Waals surface area contributed by atoms with E-state index in [-0.39, 0.29) is 11.7 Å². The summed E-state index contributed by atoms with van der Waals surface area (Å²) >= 11 is 0. The standard InChI is InChI=1S/C27H31FN4O/c1-4-13-31(25-9-6-24(28)7-10-25)27(33)19-30-14-11-22(12-15-30)23-17-29-32(18-23)26-8-5-20(2)21(3)16-26/h5-11,16-18H,4,12-15,19H2,1-3H3. The Morgan fingerprint density at radius 3 is 2.58 bits per heavy atom. The van der Waals surface area contributed by atoms with Crippen LogP contribution in [0.25, 0.3) is 11.3 Å². The molecular formula is C27H31FN4O. The Kier molecular flexibility index (Phi) is 7.04. The number of anilines is 1. The molecule has 0 bridgehead atoms. The highest BCUT2D eigenvalue weighted by atomic mass is 19.1. The predicted molar refractivity (Wildman–Crippen MR) is 131 cm³/mol. The lowest BCUT2D eigenvalue weighted by molar-refractivity contribution is -0.119. The van der Waals surface area contributed by atoms with Crippen LogP contribution in [0.5, 0.6) is 0 Å². The molecule has 3 aromatic rings. The number of nitrogens with zero attached hydrogens (tertiary/aromatic N) is 4. The van der Waals surface area contributed by atoms with Crippen molar-refractivity contribution in [2.45, 2.75) is 33.6 Å². The van der Waals surface area contributed by atoms with Crippen molar-refractivity contribution in [2.75, 3.05) is 31.1 Å². The molecule has 2 aromatic carbocycles. The van der Waals surface area contributed by atoms with E-state index in [4.69, 9.17) is 0 Å². The first-order valence-corrected chi connectivity index (χ1v) is 11.5. The molecule has 0 unspecified atom stereocenters. The number of halogens is 1. The van der Waals surface area contributed by atoms with Gasteiger partial charge in [0.2, 0.25) is 5.91 Å². The predicted octanol–water partition coefficient (Wildman–Crippen LogP) is 5.16. The molecule has 0 radical (unpaired) electrons. The lowest BCUT2D eigenvalue weighted by Gasteiger charge is -2.29. The van der Waals surface area contributed by atoms with Crippen LogP contribution >= 0.6 is 0 Å². The van der Waals surface area contributed by atoms with Gasteiger partial charge < -0.3 is 4.90 Å². The summed E-state index contributed by atoms with van der Waals surface area (Å²) in [4.78, 5) is 16.9. The average Bonchev–Trinajstić information content (AvgIpc) is 3.31. The molecule has 0 atom stereocenters. The second-order valence-electron chi connectivity index (χ2n) is 8.68. The summed E-state index contributed by atoms with van der Waals surface area (Å²) in [5.74, 6) is -0.250. The summed E-state index contributed by atoms with van der Waals surface area (Å²) in [5, 5.41) is 4.56. The largest absolute Gasteiger partial charge is 0.311 e. The van der Waals surface area contributed by atoms with Crippen molar-refractivity contribution in [1.29, 1.82) is 0 Å². The molecule has 1 aliphatic heterocycles. The van der Waals surface area contributed by atoms with Crippen molar-refractivity contribution in [2.24, 2.45) is 0 Å². The van der Waals surface area contributed by atoms with E-state index in [9.17, 15) is 9.18 Å². The van der Waals surface area contributed by atoms with Crippen molar-refractivity contribution in [3.05, 3.63) is 83.4 Å². The Balaban J connectivity index is 1.40. The lowest BCUT2D eigenvalue weighted by Crippen LogP contribution is -2.42. The van der Waals surface area contributed by atoms with E-state index < -0.39 is 0 Å². The van der Waals surface area contributed by atoms with Gasteiger partial charge in [-0.1, -0.05) is 19.1 Å². The van der Waals surface area contributed by atoms with Crippen molar-refractivity contribution >= 4 is 17.2 Å². The van der Waals surface area contributed by atoms with Gasteiger partial charge in [0.1, 0.15) is 5.82 Å². The van der Waals surface area contributed by atoms with E-state index in [2.05, 4.69) is 54.3 Å². The van der Waals surface area contributed by atoms with Crippen LogP contribution in [-0.2, 0) is 4.79 Å². The Morgan fingerprint density at radius 2 is 1.91 bits per heavy atom. The Morgan fingerprint density at radius 1 is 1.12 bits per heavy atom. The molecule has 0 saturated heterocycles. The van der Waals surface area contributed by atoms with E-state index in [0.29, 0.717) is 13.1 Å². The van der Waals surface area contributed by atoms with E-state index in [1.807, 2.05) is 17.8 Å². The van der Waals surface area contributed by atoms with Gasteiger partial charge in [-0.25, -0.2) is 9.07 Å². The zero-order valence-electron chi connectivity index (χ0n) is 19.6. The Hall–Kier alpha value is -3.25. The minimum atomic E-state index is -0.294. The number of amides is 1. The molecule has 172 valence electrons. The fourth-order valence-corrected chi connectivity index (χ4v) is 4.13. The monoisotopic (exact) mass is 446 g/mol. The van der Waals surface area contributed by atoms with Crippen LogP contribution in [0, 0.1) is 19.7 Å². The summed E-state index contributed by atoms with van der Waals surface area (Å²) in [6, 6.07) is 12.5. The van der Waals surface area contributed by atoms with Crippen LogP contribution in [0.4, 0.5) is 10.1 Å². The second kappa shape index (κ2) is 10.1. The number of hydrogen-bond donors (Lipinski definition) is 0. The summed E-state index contributed by atoms with van der Waals surface area (Å²) in [6.07, 6.45) is 7.90. The Labute approximate surface area is 195 Å². The molecule has 2 heterocycles. The summed E-state index contributed by atoms with van der Waals surface area (Å²) in [6.45, 7) is 8.77. The first kappa shape index (κ1) is 22.9. The molecule has 0 N–H and O–H groups in total. The number of rotatable bonds is 7. The molecule has 1 amide bonds. The van der Waals surface area contributed by atoms with Gasteiger partial charge in [0.25, 0.3) is 0 Å². The normalized spacial score (nSPS) is 14.2. The van der Waals surface area contributed by atoms with Gasteiger partial charge >= 0.3 is 0 Å². The maximum atomic E-state index is 13.3. The van der Waals surface area contributed by atoms with Crippen LogP contribution in [-0.4, -0.2) is 46.8 Å². The van der Waals surface area contributed by atoms with Gasteiger partial charge in [-0.2, -0.15) is 5.10 Å². The summed E-state index contributed by atoms with van der Waals surface area (Å²) in [5.41, 5.74) is 6.71. The number of hydrogen-bond acceptors (Lipinski definition) is 3. The molecule has 33 heavy (non-hydrogen) atoms. The maximum absolute atomic E-state index is 13.3. The van der Waals surface area contributed by atoms with Crippen molar-refractivity contribution in [3.8, 4) is 5.69 Å². The van der Waals surface area contributed by atoms with Gasteiger partial charge in [0, 0.05) is 37.1 Å². The average molecular weight is 447 g/mol. The molecule has 4 rings (SSSR count). The molecular weight excluding hydrogens is 415 g/mol. The zero-order valence-corrected chi connectivity index (χ0v) is 19.6. The van der Waals surface area contributed by atoms with Crippen LogP contribution in [0.2, 0.25) is 0 Å². The van der Waals surface area contributed by atoms with Crippen molar-refractivity contribution < 1.29 is 9.18 Å². The third kappa shape index (κ3) is 5.40. The van der Waals surface area contributed by atoms with E-state index in [1.165, 1.54) is 28.8 Å². The summed E-state index contributed by atoms with van der Waals surface area (Å²) in [7, 11) is 0. The minimum Gasteiger partial charge on any atom is -0.311 e.